The summed E-state index contributed by atoms with van der Waals surface area (Å²) in [6.45, 7) is 2.62. The second-order valence-corrected chi connectivity index (χ2v) is 4.51. The average molecular weight is 253 g/mol. The second kappa shape index (κ2) is 5.99. The number of furan rings is 1. The van der Waals surface area contributed by atoms with E-state index in [1.165, 1.54) is 6.26 Å². The molecule has 0 bridgehead atoms. The fourth-order valence-electron chi connectivity index (χ4n) is 2.24. The molecule has 2 rings (SSSR count). The lowest BCUT2D eigenvalue weighted by atomic mass is 10.1. The standard InChI is InChI=1S/C12H19N3O3/c1-17-10-3-2-4-15(6-10)7-11-5-9(8-18-11)12(16)14-13/h5,8,10H,2-4,6-7,13H2,1H3,(H,14,16). The molecule has 0 aromatic carbocycles. The number of hydrazine groups is 1. The highest BCUT2D eigenvalue weighted by Crippen LogP contribution is 2.17. The summed E-state index contributed by atoms with van der Waals surface area (Å²) in [6, 6.07) is 1.72. The summed E-state index contributed by atoms with van der Waals surface area (Å²) in [7, 11) is 1.74. The zero-order chi connectivity index (χ0) is 13.0. The predicted octanol–water partition coefficient (Wildman–Crippen LogP) is 0.494. The van der Waals surface area contributed by atoms with Gasteiger partial charge in [0.25, 0.3) is 5.91 Å². The highest BCUT2D eigenvalue weighted by molar-refractivity contribution is 5.93. The van der Waals surface area contributed by atoms with Crippen molar-refractivity contribution in [1.82, 2.24) is 10.3 Å². The van der Waals surface area contributed by atoms with E-state index in [-0.39, 0.29) is 5.91 Å². The maximum atomic E-state index is 11.3. The Morgan fingerprint density at radius 2 is 2.56 bits per heavy atom. The largest absolute Gasteiger partial charge is 0.467 e. The number of nitrogens with zero attached hydrogens (tertiary/aromatic N) is 1. The number of ether oxygens (including phenoxy) is 1. The SMILES string of the molecule is COC1CCCN(Cc2cc(C(=O)NN)co2)C1. The summed E-state index contributed by atoms with van der Waals surface area (Å²) in [5.41, 5.74) is 2.53. The molecule has 3 N–H and O–H groups in total. The molecule has 1 aliphatic rings. The van der Waals surface area contributed by atoms with Gasteiger partial charge in [0.05, 0.1) is 18.2 Å². The molecule has 0 saturated carbocycles. The molecule has 0 spiro atoms. The maximum Gasteiger partial charge on any atom is 0.268 e. The van der Waals surface area contributed by atoms with E-state index < -0.39 is 0 Å². The van der Waals surface area contributed by atoms with Crippen LogP contribution in [0, 0.1) is 0 Å². The number of carbonyl (C=O) groups excluding carboxylic acids is 1. The fraction of sp³-hybridized carbons (Fsp3) is 0.583. The molecule has 1 fully saturated rings. The first kappa shape index (κ1) is 13.1. The lowest BCUT2D eigenvalue weighted by Crippen LogP contribution is -2.38. The van der Waals surface area contributed by atoms with Gasteiger partial charge in [-0.1, -0.05) is 0 Å². The summed E-state index contributed by atoms with van der Waals surface area (Å²) in [6.07, 6.45) is 3.94. The number of methoxy groups -OCH3 is 1. The van der Waals surface area contributed by atoms with Crippen molar-refractivity contribution >= 4 is 5.91 Å². The highest BCUT2D eigenvalue weighted by atomic mass is 16.5. The van der Waals surface area contributed by atoms with Gasteiger partial charge in [-0.15, -0.1) is 0 Å². The summed E-state index contributed by atoms with van der Waals surface area (Å²) < 4.78 is 10.7. The van der Waals surface area contributed by atoms with E-state index in [0.29, 0.717) is 18.2 Å². The minimum Gasteiger partial charge on any atom is -0.467 e. The Kier molecular flexibility index (Phi) is 4.35. The Hall–Kier alpha value is -1.37. The summed E-state index contributed by atoms with van der Waals surface area (Å²) in [4.78, 5) is 13.6. The lowest BCUT2D eigenvalue weighted by Gasteiger charge is -2.31. The van der Waals surface area contributed by atoms with E-state index in [9.17, 15) is 4.79 Å². The molecule has 1 aromatic rings. The third-order valence-corrected chi connectivity index (χ3v) is 3.22. The number of nitrogen functional groups attached to an aromatic ring is 1. The number of amides is 1. The maximum absolute atomic E-state index is 11.3. The average Bonchev–Trinajstić information content (AvgIpc) is 2.86. The normalized spacial score (nSPS) is 20.9. The monoisotopic (exact) mass is 253 g/mol. The number of likely N-dealkylation sites (tertiary alicyclic amines) is 1. The summed E-state index contributed by atoms with van der Waals surface area (Å²) in [5, 5.41) is 0. The van der Waals surface area contributed by atoms with Crippen LogP contribution in [0.25, 0.3) is 0 Å². The molecule has 6 nitrogen and oxygen atoms in total. The van der Waals surface area contributed by atoms with Gasteiger partial charge >= 0.3 is 0 Å². The molecule has 1 atom stereocenters. The van der Waals surface area contributed by atoms with Crippen molar-refractivity contribution in [1.29, 1.82) is 0 Å². The Morgan fingerprint density at radius 1 is 1.72 bits per heavy atom. The predicted molar refractivity (Wildman–Crippen MR) is 65.7 cm³/mol. The van der Waals surface area contributed by atoms with Crippen LogP contribution < -0.4 is 11.3 Å². The van der Waals surface area contributed by atoms with Gasteiger partial charge in [-0.05, 0) is 25.5 Å². The van der Waals surface area contributed by atoms with Crippen molar-refractivity contribution in [2.24, 2.45) is 5.84 Å². The van der Waals surface area contributed by atoms with Crippen molar-refractivity contribution in [3.63, 3.8) is 0 Å². The molecule has 0 aliphatic carbocycles. The van der Waals surface area contributed by atoms with Gasteiger partial charge in [-0.25, -0.2) is 5.84 Å². The van der Waals surface area contributed by atoms with Gasteiger partial charge in [0.1, 0.15) is 12.0 Å². The molecule has 1 saturated heterocycles. The molecule has 18 heavy (non-hydrogen) atoms. The quantitative estimate of drug-likeness (QED) is 0.464. The number of piperidine rings is 1. The van der Waals surface area contributed by atoms with Crippen LogP contribution in [-0.2, 0) is 11.3 Å². The van der Waals surface area contributed by atoms with Crippen molar-refractivity contribution in [3.8, 4) is 0 Å². The van der Waals surface area contributed by atoms with Crippen LogP contribution in [0.4, 0.5) is 0 Å². The van der Waals surface area contributed by atoms with Gasteiger partial charge in [0, 0.05) is 13.7 Å². The van der Waals surface area contributed by atoms with Crippen LogP contribution in [0.2, 0.25) is 0 Å². The number of rotatable bonds is 4. The van der Waals surface area contributed by atoms with E-state index in [1.807, 2.05) is 0 Å². The zero-order valence-electron chi connectivity index (χ0n) is 10.5. The number of nitrogens with two attached hydrogens (primary N) is 1. The van der Waals surface area contributed by atoms with Crippen molar-refractivity contribution < 1.29 is 13.9 Å². The first-order valence-electron chi connectivity index (χ1n) is 6.06. The molecule has 1 aromatic heterocycles. The molecule has 100 valence electrons. The van der Waals surface area contributed by atoms with Gasteiger partial charge < -0.3 is 9.15 Å². The van der Waals surface area contributed by atoms with E-state index in [4.69, 9.17) is 15.0 Å². The van der Waals surface area contributed by atoms with Gasteiger partial charge in [-0.3, -0.25) is 15.1 Å². The van der Waals surface area contributed by atoms with Gasteiger partial charge in [0.2, 0.25) is 0 Å². The van der Waals surface area contributed by atoms with Crippen LogP contribution in [0.3, 0.4) is 0 Å². The van der Waals surface area contributed by atoms with E-state index in [0.717, 1.165) is 31.7 Å². The fourth-order valence-corrected chi connectivity index (χ4v) is 2.24. The zero-order valence-corrected chi connectivity index (χ0v) is 10.5. The molecular formula is C12H19N3O3. The summed E-state index contributed by atoms with van der Waals surface area (Å²) >= 11 is 0. The van der Waals surface area contributed by atoms with E-state index >= 15 is 0 Å². The van der Waals surface area contributed by atoms with Crippen molar-refractivity contribution in [3.05, 3.63) is 23.7 Å². The van der Waals surface area contributed by atoms with Crippen LogP contribution >= 0.6 is 0 Å². The topological polar surface area (TPSA) is 80.7 Å². The minimum absolute atomic E-state index is 0.292. The molecule has 1 amide bonds. The van der Waals surface area contributed by atoms with Gasteiger partial charge in [-0.2, -0.15) is 0 Å². The van der Waals surface area contributed by atoms with E-state index in [1.54, 1.807) is 13.2 Å². The summed E-state index contributed by atoms with van der Waals surface area (Å²) in [5.74, 6) is 5.50. The Morgan fingerprint density at radius 3 is 3.28 bits per heavy atom. The van der Waals surface area contributed by atoms with Crippen LogP contribution in [-0.4, -0.2) is 37.1 Å². The minimum atomic E-state index is -0.335. The lowest BCUT2D eigenvalue weighted by molar-refractivity contribution is 0.0263. The Bertz CT molecular complexity index is 405. The second-order valence-electron chi connectivity index (χ2n) is 4.51. The Balaban J connectivity index is 1.92. The smallest absolute Gasteiger partial charge is 0.268 e. The molecule has 6 heteroatoms. The third-order valence-electron chi connectivity index (χ3n) is 3.22. The molecular weight excluding hydrogens is 234 g/mol. The number of hydrogen-bond donors (Lipinski definition) is 2. The molecule has 2 heterocycles. The number of hydrogen-bond acceptors (Lipinski definition) is 5. The molecule has 1 unspecified atom stereocenters. The van der Waals surface area contributed by atoms with Gasteiger partial charge in [0.15, 0.2) is 0 Å². The number of carbonyl (C=O) groups is 1. The first-order valence-corrected chi connectivity index (χ1v) is 6.06. The van der Waals surface area contributed by atoms with E-state index in [2.05, 4.69) is 10.3 Å². The number of nitrogens with one attached hydrogen (secondary N) is 1. The molecule has 0 radical (unpaired) electrons. The highest BCUT2D eigenvalue weighted by Gasteiger charge is 2.20. The van der Waals surface area contributed by atoms with Crippen LogP contribution in [0.1, 0.15) is 29.0 Å². The van der Waals surface area contributed by atoms with Crippen molar-refractivity contribution in [2.75, 3.05) is 20.2 Å². The first-order chi connectivity index (χ1) is 8.72. The van der Waals surface area contributed by atoms with Crippen LogP contribution in [0.15, 0.2) is 16.7 Å². The molecule has 1 aliphatic heterocycles. The Labute approximate surface area is 106 Å². The van der Waals surface area contributed by atoms with Crippen molar-refractivity contribution in [2.45, 2.75) is 25.5 Å². The third kappa shape index (κ3) is 3.10. The van der Waals surface area contributed by atoms with Crippen LogP contribution in [0.5, 0.6) is 0 Å².